The first-order chi connectivity index (χ1) is 17.0. The molecular weight excluding hydrogens is 447 g/mol. The van der Waals surface area contributed by atoms with E-state index in [-0.39, 0.29) is 18.1 Å². The lowest BCUT2D eigenvalue weighted by atomic mass is 10.2. The molecule has 0 bridgehead atoms. The van der Waals surface area contributed by atoms with Gasteiger partial charge in [0, 0.05) is 25.2 Å². The predicted octanol–water partition coefficient (Wildman–Crippen LogP) is 4.97. The molecule has 0 spiro atoms. The number of benzene rings is 2. The van der Waals surface area contributed by atoms with Crippen LogP contribution in [0, 0.1) is 5.82 Å². The zero-order chi connectivity index (χ0) is 24.4. The van der Waals surface area contributed by atoms with Crippen LogP contribution in [-0.2, 0) is 6.54 Å². The van der Waals surface area contributed by atoms with Crippen LogP contribution in [0.3, 0.4) is 0 Å². The number of aromatic nitrogens is 4. The van der Waals surface area contributed by atoms with Crippen molar-refractivity contribution >= 4 is 29.5 Å². The standard InChI is InChI=1S/C26H21FN6O2/c1-32(2)16-28-25-22-23(21-13-12-19(15-34)35-21)31-33(14-18-10-6-7-11-20(18)27)26(22)30-24(29-25)17-8-4-3-5-9-17/h3-13,15-16H,14H2,1-2H3/b28-16+. The maximum atomic E-state index is 14.5. The molecule has 5 aromatic rings. The number of nitrogens with zero attached hydrogens (tertiary/aromatic N) is 6. The fraction of sp³-hybridized carbons (Fsp3) is 0.115. The Balaban J connectivity index is 1.80. The zero-order valence-corrected chi connectivity index (χ0v) is 19.1. The molecular formula is C26H21FN6O2. The molecule has 9 heteroatoms. The fourth-order valence-electron chi connectivity index (χ4n) is 3.65. The average Bonchev–Trinajstić information content (AvgIpc) is 3.49. The van der Waals surface area contributed by atoms with Crippen molar-refractivity contribution < 1.29 is 13.6 Å². The monoisotopic (exact) mass is 468 g/mol. The van der Waals surface area contributed by atoms with E-state index < -0.39 is 0 Å². The highest BCUT2D eigenvalue weighted by atomic mass is 19.1. The van der Waals surface area contributed by atoms with Gasteiger partial charge in [-0.3, -0.25) is 4.79 Å². The molecule has 35 heavy (non-hydrogen) atoms. The van der Waals surface area contributed by atoms with Gasteiger partial charge < -0.3 is 9.32 Å². The molecule has 8 nitrogen and oxygen atoms in total. The number of aldehydes is 1. The van der Waals surface area contributed by atoms with Crippen molar-refractivity contribution in [3.63, 3.8) is 0 Å². The van der Waals surface area contributed by atoms with Gasteiger partial charge in [-0.25, -0.2) is 24.0 Å². The van der Waals surface area contributed by atoms with Crippen LogP contribution >= 0.6 is 0 Å². The Morgan fingerprint density at radius 1 is 1.03 bits per heavy atom. The smallest absolute Gasteiger partial charge is 0.185 e. The molecule has 0 amide bonds. The minimum atomic E-state index is -0.345. The third-order valence-corrected chi connectivity index (χ3v) is 5.27. The number of carbonyl (C=O) groups is 1. The number of furan rings is 1. The topological polar surface area (TPSA) is 89.4 Å². The van der Waals surface area contributed by atoms with E-state index >= 15 is 0 Å². The highest BCUT2D eigenvalue weighted by Crippen LogP contribution is 2.36. The molecule has 0 N–H and O–H groups in total. The highest BCUT2D eigenvalue weighted by Gasteiger charge is 2.23. The van der Waals surface area contributed by atoms with Crippen molar-refractivity contribution in [2.45, 2.75) is 6.54 Å². The van der Waals surface area contributed by atoms with Crippen molar-refractivity contribution in [3.05, 3.63) is 83.9 Å². The van der Waals surface area contributed by atoms with E-state index in [1.54, 1.807) is 46.3 Å². The molecule has 0 unspecified atom stereocenters. The van der Waals surface area contributed by atoms with Crippen LogP contribution in [0.5, 0.6) is 0 Å². The Labute approximate surface area is 200 Å². The molecule has 3 aromatic heterocycles. The molecule has 0 radical (unpaired) electrons. The fourth-order valence-corrected chi connectivity index (χ4v) is 3.65. The van der Waals surface area contributed by atoms with Crippen molar-refractivity contribution in [2.75, 3.05) is 14.1 Å². The normalized spacial score (nSPS) is 11.4. The molecule has 0 aliphatic rings. The molecule has 2 aromatic carbocycles. The largest absolute Gasteiger partial charge is 0.452 e. The summed E-state index contributed by atoms with van der Waals surface area (Å²) in [4.78, 5) is 27.1. The Bertz CT molecular complexity index is 1540. The molecule has 174 valence electrons. The number of hydrogen-bond donors (Lipinski definition) is 0. The third kappa shape index (κ3) is 4.43. The minimum absolute atomic E-state index is 0.131. The number of halogens is 1. The molecule has 0 saturated heterocycles. The third-order valence-electron chi connectivity index (χ3n) is 5.27. The lowest BCUT2D eigenvalue weighted by Crippen LogP contribution is -2.07. The SMILES string of the molecule is CN(C)/C=N/c1nc(-c2ccccc2)nc2c1c(-c1ccc(C=O)o1)nn2Cc1ccccc1F. The Kier molecular flexibility index (Phi) is 5.88. The number of rotatable bonds is 7. The van der Waals surface area contributed by atoms with E-state index in [1.807, 2.05) is 44.4 Å². The Hall–Kier alpha value is -4.66. The summed E-state index contributed by atoms with van der Waals surface area (Å²) in [6.07, 6.45) is 2.25. The van der Waals surface area contributed by atoms with Gasteiger partial charge in [-0.15, -0.1) is 0 Å². The number of hydrogen-bond acceptors (Lipinski definition) is 6. The van der Waals surface area contributed by atoms with Gasteiger partial charge in [0.05, 0.1) is 18.3 Å². The molecule has 0 aliphatic carbocycles. The molecule has 0 fully saturated rings. The summed E-state index contributed by atoms with van der Waals surface area (Å²) in [5.41, 5.74) is 2.13. The second-order valence-electron chi connectivity index (χ2n) is 8.06. The lowest BCUT2D eigenvalue weighted by Gasteiger charge is -2.08. The predicted molar refractivity (Wildman–Crippen MR) is 131 cm³/mol. The van der Waals surface area contributed by atoms with Gasteiger partial charge in [0.15, 0.2) is 35.1 Å². The number of carbonyl (C=O) groups excluding carboxylic acids is 1. The van der Waals surface area contributed by atoms with Gasteiger partial charge in [-0.1, -0.05) is 48.5 Å². The van der Waals surface area contributed by atoms with Crippen molar-refractivity contribution in [1.82, 2.24) is 24.6 Å². The summed E-state index contributed by atoms with van der Waals surface area (Å²) < 4.78 is 21.8. The van der Waals surface area contributed by atoms with Crippen molar-refractivity contribution in [3.8, 4) is 22.8 Å². The van der Waals surface area contributed by atoms with E-state index in [4.69, 9.17) is 19.5 Å². The van der Waals surface area contributed by atoms with Crippen LogP contribution < -0.4 is 0 Å². The molecule has 3 heterocycles. The first-order valence-corrected chi connectivity index (χ1v) is 10.9. The summed E-state index contributed by atoms with van der Waals surface area (Å²) >= 11 is 0. The Morgan fingerprint density at radius 2 is 1.80 bits per heavy atom. The van der Waals surface area contributed by atoms with Crippen LogP contribution in [0.4, 0.5) is 10.2 Å². The van der Waals surface area contributed by atoms with E-state index in [9.17, 15) is 9.18 Å². The minimum Gasteiger partial charge on any atom is -0.452 e. The van der Waals surface area contributed by atoms with Gasteiger partial charge in [-0.2, -0.15) is 5.10 Å². The van der Waals surface area contributed by atoms with Gasteiger partial charge in [0.25, 0.3) is 0 Å². The summed E-state index contributed by atoms with van der Waals surface area (Å²) in [6, 6.07) is 19.3. The van der Waals surface area contributed by atoms with Crippen LogP contribution in [0.25, 0.3) is 33.9 Å². The lowest BCUT2D eigenvalue weighted by molar-refractivity contribution is 0.110. The Morgan fingerprint density at radius 3 is 2.51 bits per heavy atom. The van der Waals surface area contributed by atoms with E-state index in [1.165, 1.54) is 6.07 Å². The van der Waals surface area contributed by atoms with E-state index in [0.29, 0.717) is 46.0 Å². The summed E-state index contributed by atoms with van der Waals surface area (Å²) in [7, 11) is 3.71. The highest BCUT2D eigenvalue weighted by molar-refractivity contribution is 5.99. The first kappa shape index (κ1) is 22.1. The van der Waals surface area contributed by atoms with Crippen molar-refractivity contribution in [1.29, 1.82) is 0 Å². The maximum Gasteiger partial charge on any atom is 0.185 e. The first-order valence-electron chi connectivity index (χ1n) is 10.9. The van der Waals surface area contributed by atoms with Crippen LogP contribution in [0.1, 0.15) is 16.1 Å². The quantitative estimate of drug-likeness (QED) is 0.190. The van der Waals surface area contributed by atoms with Gasteiger partial charge in [-0.05, 0) is 18.2 Å². The van der Waals surface area contributed by atoms with Crippen LogP contribution in [-0.4, -0.2) is 51.4 Å². The summed E-state index contributed by atoms with van der Waals surface area (Å²) in [5.74, 6) is 1.01. The number of aliphatic imine (C=N–C) groups is 1. The van der Waals surface area contributed by atoms with Crippen LogP contribution in [0.2, 0.25) is 0 Å². The summed E-state index contributed by atoms with van der Waals surface area (Å²) in [5, 5.41) is 5.25. The van der Waals surface area contributed by atoms with Gasteiger partial charge in [0.2, 0.25) is 0 Å². The summed E-state index contributed by atoms with van der Waals surface area (Å²) in [6.45, 7) is 0.131. The second-order valence-corrected chi connectivity index (χ2v) is 8.06. The zero-order valence-electron chi connectivity index (χ0n) is 19.1. The maximum absolute atomic E-state index is 14.5. The second kappa shape index (κ2) is 9.30. The number of fused-ring (bicyclic) bond motifs is 1. The molecule has 0 aliphatic heterocycles. The molecule has 5 rings (SSSR count). The van der Waals surface area contributed by atoms with Crippen LogP contribution in [0.15, 0.2) is 76.1 Å². The van der Waals surface area contributed by atoms with Gasteiger partial charge >= 0.3 is 0 Å². The van der Waals surface area contributed by atoms with E-state index in [2.05, 4.69) is 4.99 Å². The average molecular weight is 468 g/mol. The molecule has 0 atom stereocenters. The van der Waals surface area contributed by atoms with Crippen molar-refractivity contribution in [2.24, 2.45) is 4.99 Å². The van der Waals surface area contributed by atoms with Gasteiger partial charge in [0.1, 0.15) is 11.5 Å². The molecule has 0 saturated carbocycles. The van der Waals surface area contributed by atoms with E-state index in [0.717, 1.165) is 5.56 Å².